The van der Waals surface area contributed by atoms with Crippen LogP contribution in [0.4, 0.5) is 23.2 Å². The first-order valence-electron chi connectivity index (χ1n) is 12.7. The number of carbonyl (C=O) groups excluding carboxylic acids is 2. The molecule has 0 bridgehead atoms. The fraction of sp³-hybridized carbons (Fsp3) is 0.379. The lowest BCUT2D eigenvalue weighted by Gasteiger charge is -2.26. The van der Waals surface area contributed by atoms with Gasteiger partial charge >= 0.3 is 6.18 Å². The molecular formula is C29H31F4N3O3. The molecule has 0 radical (unpaired) electrons. The van der Waals surface area contributed by atoms with E-state index >= 15 is 0 Å². The first-order valence-corrected chi connectivity index (χ1v) is 12.7. The van der Waals surface area contributed by atoms with E-state index in [1.165, 1.54) is 30.3 Å². The van der Waals surface area contributed by atoms with E-state index in [4.69, 9.17) is 10.2 Å². The Morgan fingerprint density at radius 3 is 2.51 bits per heavy atom. The highest BCUT2D eigenvalue weighted by molar-refractivity contribution is 5.95. The van der Waals surface area contributed by atoms with Crippen LogP contribution in [0.1, 0.15) is 60.4 Å². The molecule has 1 atom stereocenters. The third-order valence-electron chi connectivity index (χ3n) is 6.68. The van der Waals surface area contributed by atoms with Gasteiger partial charge in [0.05, 0.1) is 11.5 Å². The molecule has 0 saturated carbocycles. The fourth-order valence-electron chi connectivity index (χ4n) is 4.91. The highest BCUT2D eigenvalue weighted by atomic mass is 19.4. The second-order valence-corrected chi connectivity index (χ2v) is 11.0. The number of anilines is 1. The Morgan fingerprint density at radius 1 is 1.10 bits per heavy atom. The van der Waals surface area contributed by atoms with Gasteiger partial charge in [0.15, 0.2) is 5.76 Å². The molecule has 2 amide bonds. The van der Waals surface area contributed by atoms with Gasteiger partial charge in [0.1, 0.15) is 11.6 Å². The molecule has 6 nitrogen and oxygen atoms in total. The average Bonchev–Trinajstić information content (AvgIpc) is 3.46. The molecule has 0 saturated heterocycles. The van der Waals surface area contributed by atoms with Crippen molar-refractivity contribution in [2.45, 2.75) is 45.7 Å². The number of nitrogens with one attached hydrogen (secondary N) is 1. The van der Waals surface area contributed by atoms with Crippen LogP contribution in [0.25, 0.3) is 11.3 Å². The molecule has 1 aromatic heterocycles. The lowest BCUT2D eigenvalue weighted by molar-refractivity contribution is -0.137. The van der Waals surface area contributed by atoms with E-state index in [1.807, 2.05) is 20.8 Å². The fourth-order valence-corrected chi connectivity index (χ4v) is 4.91. The number of fused-ring (bicyclic) bond motifs is 1. The van der Waals surface area contributed by atoms with Crippen molar-refractivity contribution in [3.8, 4) is 11.3 Å². The van der Waals surface area contributed by atoms with E-state index in [1.54, 1.807) is 6.07 Å². The first kappa shape index (κ1) is 28.2. The smallest absolute Gasteiger partial charge is 0.416 e. The van der Waals surface area contributed by atoms with Crippen LogP contribution in [0.5, 0.6) is 0 Å². The van der Waals surface area contributed by atoms with Crippen LogP contribution in [-0.2, 0) is 17.4 Å². The molecule has 39 heavy (non-hydrogen) atoms. The molecule has 2 heterocycles. The lowest BCUT2D eigenvalue weighted by Crippen LogP contribution is -2.38. The van der Waals surface area contributed by atoms with E-state index in [-0.39, 0.29) is 39.8 Å². The minimum absolute atomic E-state index is 0.0116. The van der Waals surface area contributed by atoms with Crippen molar-refractivity contribution in [3.63, 3.8) is 0 Å². The quantitative estimate of drug-likeness (QED) is 0.345. The summed E-state index contributed by atoms with van der Waals surface area (Å²) in [6, 6.07) is 10.6. The third-order valence-corrected chi connectivity index (χ3v) is 6.68. The number of amides is 2. The van der Waals surface area contributed by atoms with Crippen LogP contribution in [-0.4, -0.2) is 31.4 Å². The second kappa shape index (κ2) is 10.7. The number of nitrogens with two attached hydrogens (primary N) is 1. The van der Waals surface area contributed by atoms with Gasteiger partial charge in [-0.15, -0.1) is 0 Å². The number of halogens is 4. The van der Waals surface area contributed by atoms with Crippen LogP contribution in [0.15, 0.2) is 52.9 Å². The van der Waals surface area contributed by atoms with Crippen LogP contribution < -0.4 is 16.0 Å². The number of carbonyl (C=O) groups is 2. The zero-order valence-electron chi connectivity index (χ0n) is 22.0. The van der Waals surface area contributed by atoms with E-state index in [9.17, 15) is 27.2 Å². The number of primary amides is 1. The standard InChI is InChI=1S/C29H31F4N3O3/c1-28(2,3)16-22(27(38)35-10-12-36-11-9-17-14-20(30)7-8-23(17)36)21-15-24(39-25(21)26(34)37)18-5-4-6-19(13-18)29(31,32)33/h4-8,13-15,22H,9-12,16H2,1-3H3,(H2,34,37)(H,35,38)/t22-/m0/s1. The number of furan rings is 1. The molecule has 0 aliphatic carbocycles. The number of nitrogens with zero attached hydrogens (tertiary/aromatic N) is 1. The maximum Gasteiger partial charge on any atom is 0.416 e. The minimum atomic E-state index is -4.56. The maximum absolute atomic E-state index is 13.5. The van der Waals surface area contributed by atoms with Crippen LogP contribution in [0.2, 0.25) is 0 Å². The lowest BCUT2D eigenvalue weighted by atomic mass is 9.80. The van der Waals surface area contributed by atoms with E-state index in [0.29, 0.717) is 32.5 Å². The highest BCUT2D eigenvalue weighted by Crippen LogP contribution is 2.38. The second-order valence-electron chi connectivity index (χ2n) is 11.0. The summed E-state index contributed by atoms with van der Waals surface area (Å²) in [6.45, 7) is 7.30. The Balaban J connectivity index is 1.58. The molecule has 208 valence electrons. The van der Waals surface area contributed by atoms with Gasteiger partial charge in [0, 0.05) is 36.4 Å². The van der Waals surface area contributed by atoms with Crippen molar-refractivity contribution in [1.82, 2.24) is 5.32 Å². The van der Waals surface area contributed by atoms with E-state index in [2.05, 4.69) is 10.2 Å². The van der Waals surface area contributed by atoms with Gasteiger partial charge in [-0.1, -0.05) is 32.9 Å². The van der Waals surface area contributed by atoms with Gasteiger partial charge in [-0.25, -0.2) is 4.39 Å². The molecular weight excluding hydrogens is 514 g/mol. The monoisotopic (exact) mass is 545 g/mol. The minimum Gasteiger partial charge on any atom is -0.451 e. The van der Waals surface area contributed by atoms with Gasteiger partial charge in [0.2, 0.25) is 5.91 Å². The number of rotatable bonds is 8. The summed E-state index contributed by atoms with van der Waals surface area (Å²) in [6.07, 6.45) is -3.52. The molecule has 0 unspecified atom stereocenters. The van der Waals surface area contributed by atoms with Crippen LogP contribution in [0, 0.1) is 11.2 Å². The normalized spacial score (nSPS) is 14.3. The molecule has 4 rings (SSSR count). The van der Waals surface area contributed by atoms with Gasteiger partial charge in [-0.05, 0) is 60.2 Å². The Labute approximate surface area is 224 Å². The van der Waals surface area contributed by atoms with Crippen molar-refractivity contribution in [1.29, 1.82) is 0 Å². The number of alkyl halides is 3. The van der Waals surface area contributed by atoms with Gasteiger partial charge < -0.3 is 20.4 Å². The van der Waals surface area contributed by atoms with Crippen LogP contribution >= 0.6 is 0 Å². The van der Waals surface area contributed by atoms with E-state index < -0.39 is 23.6 Å². The summed E-state index contributed by atoms with van der Waals surface area (Å²) in [5.41, 5.74) is 6.53. The van der Waals surface area contributed by atoms with Crippen molar-refractivity contribution in [2.24, 2.45) is 11.1 Å². The maximum atomic E-state index is 13.5. The molecule has 0 spiro atoms. The molecule has 3 aromatic rings. The molecule has 1 aliphatic heterocycles. The zero-order valence-corrected chi connectivity index (χ0v) is 22.0. The van der Waals surface area contributed by atoms with Crippen molar-refractivity contribution >= 4 is 17.5 Å². The van der Waals surface area contributed by atoms with Crippen molar-refractivity contribution < 1.29 is 31.6 Å². The molecule has 1 aliphatic rings. The van der Waals surface area contributed by atoms with E-state index in [0.717, 1.165) is 23.4 Å². The Kier molecular flexibility index (Phi) is 7.77. The molecule has 0 fully saturated rings. The zero-order chi connectivity index (χ0) is 28.5. The average molecular weight is 546 g/mol. The van der Waals surface area contributed by atoms with Gasteiger partial charge in [0.25, 0.3) is 5.91 Å². The predicted molar refractivity (Wildman–Crippen MR) is 140 cm³/mol. The van der Waals surface area contributed by atoms with Gasteiger partial charge in [-0.3, -0.25) is 9.59 Å². The summed E-state index contributed by atoms with van der Waals surface area (Å²) in [4.78, 5) is 27.8. The van der Waals surface area contributed by atoms with Crippen LogP contribution in [0.3, 0.4) is 0 Å². The third kappa shape index (κ3) is 6.61. The summed E-state index contributed by atoms with van der Waals surface area (Å²) in [7, 11) is 0. The topological polar surface area (TPSA) is 88.6 Å². The molecule has 10 heteroatoms. The van der Waals surface area contributed by atoms with Gasteiger partial charge in [-0.2, -0.15) is 13.2 Å². The van der Waals surface area contributed by atoms with Crippen molar-refractivity contribution in [3.05, 3.63) is 76.8 Å². The number of hydrogen-bond donors (Lipinski definition) is 2. The molecule has 2 aromatic carbocycles. The summed E-state index contributed by atoms with van der Waals surface area (Å²) in [5, 5.41) is 2.92. The summed E-state index contributed by atoms with van der Waals surface area (Å²) in [5.74, 6) is -2.66. The SMILES string of the molecule is CC(C)(C)C[C@H](C(=O)NCCN1CCc2cc(F)ccc21)c1cc(-c2cccc(C(F)(F)F)c2)oc1C(N)=O. The highest BCUT2D eigenvalue weighted by Gasteiger charge is 2.34. The predicted octanol–water partition coefficient (Wildman–Crippen LogP) is 5.90. The Bertz CT molecular complexity index is 1370. The Morgan fingerprint density at radius 2 is 1.85 bits per heavy atom. The van der Waals surface area contributed by atoms with Crippen molar-refractivity contribution in [2.75, 3.05) is 24.5 Å². The summed E-state index contributed by atoms with van der Waals surface area (Å²) >= 11 is 0. The summed E-state index contributed by atoms with van der Waals surface area (Å²) < 4.78 is 59.0. The largest absolute Gasteiger partial charge is 0.451 e. The number of benzene rings is 2. The Hall–Kier alpha value is -3.82. The number of hydrogen-bond acceptors (Lipinski definition) is 4. The first-order chi connectivity index (χ1) is 18.2. The molecule has 3 N–H and O–H groups in total.